The first-order valence-corrected chi connectivity index (χ1v) is 12.3. The third kappa shape index (κ3) is 5.15. The highest BCUT2D eigenvalue weighted by Gasteiger charge is 2.36. The molecule has 1 fully saturated rings. The summed E-state index contributed by atoms with van der Waals surface area (Å²) in [6.45, 7) is -0.0564. The standard InChI is InChI=1S/C18H24NO7PS/c20-17-15-7-3-4-8-16(15)18(21)19(17)10-9-14(26-27(22)23)12-28(24,25)11-13-5-1-2-6-13/h3-4,7-8,13-14,22-23H,1-2,5-6,9-12H2. The SMILES string of the molecule is O=C1c2ccccc2C(=O)N1CCC(CS(=O)(=O)CC1CCCC1)OP(O)O. The van der Waals surface area contributed by atoms with Gasteiger partial charge in [0.2, 0.25) is 0 Å². The Morgan fingerprint density at radius 2 is 1.68 bits per heavy atom. The van der Waals surface area contributed by atoms with E-state index in [1.165, 1.54) is 0 Å². The summed E-state index contributed by atoms with van der Waals surface area (Å²) in [5.74, 6) is -1.07. The first-order valence-electron chi connectivity index (χ1n) is 9.27. The number of carbonyl (C=O) groups excluding carboxylic acids is 2. The van der Waals surface area contributed by atoms with Crippen molar-refractivity contribution in [2.45, 2.75) is 38.2 Å². The number of nitrogens with zero attached hydrogens (tertiary/aromatic N) is 1. The van der Waals surface area contributed by atoms with Crippen LogP contribution in [0.1, 0.15) is 52.8 Å². The van der Waals surface area contributed by atoms with Crippen molar-refractivity contribution in [3.05, 3.63) is 35.4 Å². The molecule has 28 heavy (non-hydrogen) atoms. The summed E-state index contributed by atoms with van der Waals surface area (Å²) in [7, 11) is -6.21. The van der Waals surface area contributed by atoms with Gasteiger partial charge in [0.15, 0.2) is 9.84 Å². The van der Waals surface area contributed by atoms with Crippen molar-refractivity contribution in [2.24, 2.45) is 5.92 Å². The van der Waals surface area contributed by atoms with Gasteiger partial charge in [-0.15, -0.1) is 0 Å². The molecule has 8 nitrogen and oxygen atoms in total. The summed E-state index contributed by atoms with van der Waals surface area (Å²) in [4.78, 5) is 44.3. The molecule has 154 valence electrons. The topological polar surface area (TPSA) is 121 Å². The quantitative estimate of drug-likeness (QED) is 0.454. The van der Waals surface area contributed by atoms with E-state index in [4.69, 9.17) is 4.52 Å². The molecule has 1 unspecified atom stereocenters. The Hall–Kier alpha value is -1.38. The summed E-state index contributed by atoms with van der Waals surface area (Å²) < 4.78 is 30.0. The predicted molar refractivity (Wildman–Crippen MR) is 103 cm³/mol. The summed E-state index contributed by atoms with van der Waals surface area (Å²) in [5, 5.41) is 0. The summed E-state index contributed by atoms with van der Waals surface area (Å²) in [6, 6.07) is 6.46. The van der Waals surface area contributed by atoms with E-state index in [0.29, 0.717) is 11.1 Å². The van der Waals surface area contributed by atoms with E-state index in [1.54, 1.807) is 24.3 Å². The molecule has 2 N–H and O–H groups in total. The molecule has 0 aromatic heterocycles. The van der Waals surface area contributed by atoms with Crippen molar-refractivity contribution in [2.75, 3.05) is 18.1 Å². The maximum atomic E-state index is 12.5. The number of sulfone groups is 1. The highest BCUT2D eigenvalue weighted by atomic mass is 32.2. The molecule has 1 aromatic rings. The van der Waals surface area contributed by atoms with Crippen molar-refractivity contribution in [1.29, 1.82) is 0 Å². The fourth-order valence-corrected chi connectivity index (χ4v) is 6.44. The Morgan fingerprint density at radius 1 is 1.11 bits per heavy atom. The Labute approximate surface area is 165 Å². The zero-order valence-electron chi connectivity index (χ0n) is 15.4. The van der Waals surface area contributed by atoms with Crippen LogP contribution < -0.4 is 0 Å². The van der Waals surface area contributed by atoms with Crippen molar-refractivity contribution < 1.29 is 32.3 Å². The van der Waals surface area contributed by atoms with Gasteiger partial charge in [-0.25, -0.2) is 8.42 Å². The van der Waals surface area contributed by atoms with Crippen LogP contribution in [-0.2, 0) is 14.4 Å². The molecule has 0 bridgehead atoms. The van der Waals surface area contributed by atoms with E-state index >= 15 is 0 Å². The molecule has 1 aromatic carbocycles. The highest BCUT2D eigenvalue weighted by Crippen LogP contribution is 2.31. The minimum absolute atomic E-state index is 0.00924. The van der Waals surface area contributed by atoms with Gasteiger partial charge in [-0.1, -0.05) is 25.0 Å². The molecule has 1 aliphatic heterocycles. The molecular weight excluding hydrogens is 405 g/mol. The lowest BCUT2D eigenvalue weighted by molar-refractivity contribution is 0.0633. The molecule has 3 rings (SSSR count). The van der Waals surface area contributed by atoms with E-state index in [2.05, 4.69) is 0 Å². The lowest BCUT2D eigenvalue weighted by atomic mass is 10.1. The summed E-state index contributed by atoms with van der Waals surface area (Å²) in [5.41, 5.74) is 0.621. The number of amides is 2. The second kappa shape index (κ2) is 8.97. The minimum Gasteiger partial charge on any atom is -0.328 e. The van der Waals surface area contributed by atoms with Crippen LogP contribution in [0.25, 0.3) is 0 Å². The van der Waals surface area contributed by atoms with E-state index in [9.17, 15) is 27.8 Å². The Morgan fingerprint density at radius 3 is 2.21 bits per heavy atom. The van der Waals surface area contributed by atoms with Crippen LogP contribution in [0.5, 0.6) is 0 Å². The van der Waals surface area contributed by atoms with Gasteiger partial charge in [0.1, 0.15) is 0 Å². The molecule has 2 amide bonds. The molecular formula is C18H24NO7PS. The normalized spacial score (nSPS) is 18.9. The minimum atomic E-state index is -3.46. The number of carbonyl (C=O) groups is 2. The molecule has 1 heterocycles. The van der Waals surface area contributed by atoms with Gasteiger partial charge in [-0.2, -0.15) is 0 Å². The first-order chi connectivity index (χ1) is 13.3. The number of benzene rings is 1. The molecule has 2 aliphatic rings. The van der Waals surface area contributed by atoms with Crippen molar-refractivity contribution in [3.63, 3.8) is 0 Å². The van der Waals surface area contributed by atoms with Crippen LogP contribution in [-0.4, -0.2) is 59.1 Å². The lowest BCUT2D eigenvalue weighted by Crippen LogP contribution is -2.35. The van der Waals surface area contributed by atoms with Crippen LogP contribution in [0.3, 0.4) is 0 Å². The molecule has 1 aliphatic carbocycles. The number of rotatable bonds is 9. The van der Waals surface area contributed by atoms with Crippen molar-refractivity contribution in [1.82, 2.24) is 4.90 Å². The second-order valence-corrected chi connectivity index (χ2v) is 10.2. The average Bonchev–Trinajstić information content (AvgIpc) is 3.20. The van der Waals surface area contributed by atoms with Gasteiger partial charge < -0.3 is 14.3 Å². The molecule has 10 heteroatoms. The Kier molecular flexibility index (Phi) is 6.83. The fraction of sp³-hybridized carbons (Fsp3) is 0.556. The Balaban J connectivity index is 1.63. The van der Waals surface area contributed by atoms with Crippen molar-refractivity contribution >= 4 is 30.3 Å². The van der Waals surface area contributed by atoms with E-state index in [-0.39, 0.29) is 30.4 Å². The third-order valence-corrected chi connectivity index (χ3v) is 7.55. The fourth-order valence-electron chi connectivity index (χ4n) is 3.90. The van der Waals surface area contributed by atoms with Gasteiger partial charge in [0, 0.05) is 6.54 Å². The van der Waals surface area contributed by atoms with Crippen LogP contribution >= 0.6 is 8.60 Å². The van der Waals surface area contributed by atoms with Gasteiger partial charge in [-0.3, -0.25) is 14.5 Å². The largest absolute Gasteiger partial charge is 0.328 e. The van der Waals surface area contributed by atoms with Gasteiger partial charge in [0.25, 0.3) is 11.8 Å². The van der Waals surface area contributed by atoms with E-state index < -0.39 is 36.4 Å². The summed E-state index contributed by atoms with van der Waals surface area (Å²) in [6.07, 6.45) is 2.82. The zero-order chi connectivity index (χ0) is 20.3. The van der Waals surface area contributed by atoms with Crippen LogP contribution in [0.15, 0.2) is 24.3 Å². The van der Waals surface area contributed by atoms with E-state index in [0.717, 1.165) is 30.6 Å². The maximum Gasteiger partial charge on any atom is 0.327 e. The first kappa shape index (κ1) is 21.3. The molecule has 0 spiro atoms. The van der Waals surface area contributed by atoms with Crippen LogP contribution in [0.4, 0.5) is 0 Å². The second-order valence-electron chi connectivity index (χ2n) is 7.30. The molecule has 1 atom stereocenters. The maximum absolute atomic E-state index is 12.5. The predicted octanol–water partition coefficient (Wildman–Crippen LogP) is 1.87. The van der Waals surface area contributed by atoms with Crippen LogP contribution in [0.2, 0.25) is 0 Å². The molecule has 0 saturated heterocycles. The number of hydrogen-bond acceptors (Lipinski definition) is 7. The van der Waals surface area contributed by atoms with Gasteiger partial charge >= 0.3 is 8.60 Å². The van der Waals surface area contributed by atoms with Gasteiger partial charge in [0.05, 0.1) is 28.7 Å². The summed E-state index contributed by atoms with van der Waals surface area (Å²) >= 11 is 0. The highest BCUT2D eigenvalue weighted by molar-refractivity contribution is 7.91. The van der Waals surface area contributed by atoms with E-state index in [1.807, 2.05) is 0 Å². The number of imide groups is 1. The number of fused-ring (bicyclic) bond motifs is 1. The Bertz CT molecular complexity index is 801. The van der Waals surface area contributed by atoms with Crippen LogP contribution in [0, 0.1) is 5.92 Å². The monoisotopic (exact) mass is 429 g/mol. The molecule has 1 saturated carbocycles. The smallest absolute Gasteiger partial charge is 0.327 e. The molecule has 0 radical (unpaired) electrons. The van der Waals surface area contributed by atoms with Crippen molar-refractivity contribution in [3.8, 4) is 0 Å². The average molecular weight is 429 g/mol. The van der Waals surface area contributed by atoms with Gasteiger partial charge in [-0.05, 0) is 37.3 Å². The number of hydrogen-bond donors (Lipinski definition) is 2. The zero-order valence-corrected chi connectivity index (χ0v) is 17.1. The third-order valence-electron chi connectivity index (χ3n) is 5.20. The lowest BCUT2D eigenvalue weighted by Gasteiger charge is -2.21.